The van der Waals surface area contributed by atoms with Crippen molar-refractivity contribution in [2.75, 3.05) is 6.54 Å². The van der Waals surface area contributed by atoms with Gasteiger partial charge in [0.1, 0.15) is 0 Å². The lowest BCUT2D eigenvalue weighted by molar-refractivity contribution is -0.121. The fraction of sp³-hybridized carbons (Fsp3) is 0.200. The molecule has 0 fully saturated rings. The molecular formula is C10H12ClN3O2. The first-order valence-corrected chi connectivity index (χ1v) is 5.06. The van der Waals surface area contributed by atoms with E-state index >= 15 is 0 Å². The number of hydrogen-bond acceptors (Lipinski definition) is 3. The molecule has 0 atom stereocenters. The molecule has 1 rings (SSSR count). The van der Waals surface area contributed by atoms with Crippen molar-refractivity contribution in [1.29, 1.82) is 0 Å². The molecule has 0 heterocycles. The van der Waals surface area contributed by atoms with Crippen LogP contribution < -0.4 is 16.6 Å². The highest BCUT2D eigenvalue weighted by Gasteiger charge is 2.06. The number of carbonyl (C=O) groups is 2. The average molecular weight is 242 g/mol. The number of benzene rings is 1. The van der Waals surface area contributed by atoms with E-state index in [1.165, 1.54) is 6.07 Å². The Hall–Kier alpha value is -1.59. The molecule has 1 aromatic rings. The molecule has 2 amide bonds. The van der Waals surface area contributed by atoms with Gasteiger partial charge in [-0.2, -0.15) is 0 Å². The highest BCUT2D eigenvalue weighted by molar-refractivity contribution is 6.30. The molecule has 16 heavy (non-hydrogen) atoms. The maximum absolute atomic E-state index is 11.5. The number of halogens is 1. The molecule has 0 saturated heterocycles. The third-order valence-corrected chi connectivity index (χ3v) is 2.01. The van der Waals surface area contributed by atoms with E-state index in [0.29, 0.717) is 10.6 Å². The van der Waals surface area contributed by atoms with Crippen molar-refractivity contribution < 1.29 is 9.59 Å². The predicted molar refractivity (Wildman–Crippen MR) is 60.7 cm³/mol. The zero-order valence-electron chi connectivity index (χ0n) is 8.50. The van der Waals surface area contributed by atoms with Gasteiger partial charge < -0.3 is 5.73 Å². The number of hydrogen-bond donors (Lipinski definition) is 3. The highest BCUT2D eigenvalue weighted by Crippen LogP contribution is 2.09. The van der Waals surface area contributed by atoms with Crippen LogP contribution in [0.2, 0.25) is 5.02 Å². The Morgan fingerprint density at radius 1 is 1.31 bits per heavy atom. The van der Waals surface area contributed by atoms with Crippen LogP contribution in [0.15, 0.2) is 24.3 Å². The molecule has 0 aliphatic heterocycles. The summed E-state index contributed by atoms with van der Waals surface area (Å²) in [6.07, 6.45) is 0.163. The van der Waals surface area contributed by atoms with E-state index in [1.54, 1.807) is 18.2 Å². The van der Waals surface area contributed by atoms with Gasteiger partial charge in [0.15, 0.2) is 0 Å². The molecule has 0 radical (unpaired) electrons. The Labute approximate surface area is 97.9 Å². The summed E-state index contributed by atoms with van der Waals surface area (Å²) in [6.45, 7) is 0.235. The smallest absolute Gasteiger partial charge is 0.269 e. The summed E-state index contributed by atoms with van der Waals surface area (Å²) in [5.74, 6) is -0.759. The van der Waals surface area contributed by atoms with Crippen molar-refractivity contribution >= 4 is 23.4 Å². The van der Waals surface area contributed by atoms with Gasteiger partial charge in [0, 0.05) is 23.6 Å². The van der Waals surface area contributed by atoms with Crippen LogP contribution in [0.1, 0.15) is 16.8 Å². The normalized spacial score (nSPS) is 9.62. The number of carbonyl (C=O) groups excluding carboxylic acids is 2. The van der Waals surface area contributed by atoms with Crippen LogP contribution in [0.5, 0.6) is 0 Å². The second kappa shape index (κ2) is 6.09. The maximum atomic E-state index is 11.5. The summed E-state index contributed by atoms with van der Waals surface area (Å²) in [5, 5.41) is 0.459. The maximum Gasteiger partial charge on any atom is 0.269 e. The van der Waals surface area contributed by atoms with E-state index in [2.05, 4.69) is 10.9 Å². The van der Waals surface area contributed by atoms with Gasteiger partial charge >= 0.3 is 0 Å². The molecule has 86 valence electrons. The molecule has 0 aliphatic rings. The molecular weight excluding hydrogens is 230 g/mol. The molecule has 0 aromatic heterocycles. The molecule has 6 heteroatoms. The SMILES string of the molecule is NCCC(=O)NNC(=O)c1cccc(Cl)c1. The van der Waals surface area contributed by atoms with Crippen LogP contribution in [0.4, 0.5) is 0 Å². The highest BCUT2D eigenvalue weighted by atomic mass is 35.5. The number of amides is 2. The fourth-order valence-electron chi connectivity index (χ4n) is 1.02. The van der Waals surface area contributed by atoms with Crippen molar-refractivity contribution in [3.8, 4) is 0 Å². The first kappa shape index (κ1) is 12.5. The molecule has 5 nitrogen and oxygen atoms in total. The molecule has 0 unspecified atom stereocenters. The quantitative estimate of drug-likeness (QED) is 0.672. The van der Waals surface area contributed by atoms with E-state index < -0.39 is 5.91 Å². The van der Waals surface area contributed by atoms with Gasteiger partial charge in [-0.05, 0) is 18.2 Å². The van der Waals surface area contributed by atoms with Crippen molar-refractivity contribution in [3.05, 3.63) is 34.9 Å². The van der Waals surface area contributed by atoms with Crippen molar-refractivity contribution in [1.82, 2.24) is 10.9 Å². The zero-order valence-corrected chi connectivity index (χ0v) is 9.25. The van der Waals surface area contributed by atoms with E-state index in [4.69, 9.17) is 17.3 Å². The second-order valence-electron chi connectivity index (χ2n) is 3.05. The van der Waals surface area contributed by atoms with Crippen molar-refractivity contribution in [2.45, 2.75) is 6.42 Å². The summed E-state index contributed by atoms with van der Waals surface area (Å²) in [7, 11) is 0. The first-order chi connectivity index (χ1) is 7.63. The number of nitrogens with two attached hydrogens (primary N) is 1. The van der Waals surface area contributed by atoms with Gasteiger partial charge in [0.25, 0.3) is 5.91 Å². The topological polar surface area (TPSA) is 84.2 Å². The Morgan fingerprint density at radius 2 is 2.06 bits per heavy atom. The molecule has 1 aromatic carbocycles. The molecule has 0 aliphatic carbocycles. The van der Waals surface area contributed by atoms with Gasteiger partial charge in [0.05, 0.1) is 0 Å². The summed E-state index contributed by atoms with van der Waals surface area (Å²) in [6, 6.07) is 6.41. The summed E-state index contributed by atoms with van der Waals surface area (Å²) >= 11 is 5.72. The van der Waals surface area contributed by atoms with Crippen LogP contribution in [0, 0.1) is 0 Å². The van der Waals surface area contributed by atoms with Crippen molar-refractivity contribution in [2.24, 2.45) is 5.73 Å². The standard InChI is InChI=1S/C10H12ClN3O2/c11-8-3-1-2-7(6-8)10(16)14-13-9(15)4-5-12/h1-3,6H,4-5,12H2,(H,13,15)(H,14,16). The first-order valence-electron chi connectivity index (χ1n) is 4.68. The van der Waals surface area contributed by atoms with Crippen LogP contribution in [-0.4, -0.2) is 18.4 Å². The Bertz CT molecular complexity index is 395. The summed E-state index contributed by atoms with van der Waals surface area (Å²) in [5.41, 5.74) is 10.0. The van der Waals surface area contributed by atoms with Crippen LogP contribution in [0.3, 0.4) is 0 Å². The minimum atomic E-state index is -0.423. The fourth-order valence-corrected chi connectivity index (χ4v) is 1.21. The summed E-state index contributed by atoms with van der Waals surface area (Å²) in [4.78, 5) is 22.5. The summed E-state index contributed by atoms with van der Waals surface area (Å²) < 4.78 is 0. The van der Waals surface area contributed by atoms with Gasteiger partial charge in [-0.15, -0.1) is 0 Å². The van der Waals surface area contributed by atoms with E-state index in [9.17, 15) is 9.59 Å². The van der Waals surface area contributed by atoms with Gasteiger partial charge in [-0.3, -0.25) is 20.4 Å². The minimum absolute atomic E-state index is 0.163. The van der Waals surface area contributed by atoms with Crippen LogP contribution in [0.25, 0.3) is 0 Å². The molecule has 4 N–H and O–H groups in total. The number of hydrazine groups is 1. The lowest BCUT2D eigenvalue weighted by atomic mass is 10.2. The zero-order chi connectivity index (χ0) is 12.0. The lowest BCUT2D eigenvalue weighted by Crippen LogP contribution is -2.42. The van der Waals surface area contributed by atoms with E-state index in [-0.39, 0.29) is 18.9 Å². The molecule has 0 saturated carbocycles. The Kier molecular flexibility index (Phi) is 4.75. The predicted octanol–water partition coefficient (Wildman–Crippen LogP) is 0.450. The van der Waals surface area contributed by atoms with Crippen molar-refractivity contribution in [3.63, 3.8) is 0 Å². The van der Waals surface area contributed by atoms with Gasteiger partial charge in [-0.1, -0.05) is 17.7 Å². The van der Waals surface area contributed by atoms with Crippen LogP contribution in [-0.2, 0) is 4.79 Å². The van der Waals surface area contributed by atoms with Gasteiger partial charge in [-0.25, -0.2) is 0 Å². The Morgan fingerprint density at radius 3 is 2.69 bits per heavy atom. The monoisotopic (exact) mass is 241 g/mol. The van der Waals surface area contributed by atoms with E-state index in [0.717, 1.165) is 0 Å². The van der Waals surface area contributed by atoms with Crippen LogP contribution >= 0.6 is 11.6 Å². The third-order valence-electron chi connectivity index (χ3n) is 1.77. The minimum Gasteiger partial charge on any atom is -0.330 e. The lowest BCUT2D eigenvalue weighted by Gasteiger charge is -2.06. The number of nitrogens with one attached hydrogen (secondary N) is 2. The largest absolute Gasteiger partial charge is 0.330 e. The third kappa shape index (κ3) is 3.88. The molecule has 0 spiro atoms. The second-order valence-corrected chi connectivity index (χ2v) is 3.49. The van der Waals surface area contributed by atoms with Gasteiger partial charge in [0.2, 0.25) is 5.91 Å². The van der Waals surface area contributed by atoms with E-state index in [1.807, 2.05) is 0 Å². The number of rotatable bonds is 3. The molecule has 0 bridgehead atoms. The average Bonchev–Trinajstić information content (AvgIpc) is 2.26. The Balaban J connectivity index is 2.50.